The zero-order valence-corrected chi connectivity index (χ0v) is 7.04. The number of aromatic nitrogens is 1. The van der Waals surface area contributed by atoms with E-state index in [9.17, 15) is 0 Å². The molecule has 0 unspecified atom stereocenters. The molecule has 0 bridgehead atoms. The predicted molar refractivity (Wildman–Crippen MR) is 46.4 cm³/mol. The Balaban J connectivity index is 2.81. The summed E-state index contributed by atoms with van der Waals surface area (Å²) < 4.78 is 0. The molecule has 0 aliphatic rings. The molecule has 0 spiro atoms. The van der Waals surface area contributed by atoms with Crippen LogP contribution in [-0.4, -0.2) is 11.5 Å². The van der Waals surface area contributed by atoms with Crippen LogP contribution in [0, 0.1) is 6.92 Å². The molecule has 0 fully saturated rings. The third-order valence-electron chi connectivity index (χ3n) is 1.86. The van der Waals surface area contributed by atoms with E-state index in [1.165, 1.54) is 5.56 Å². The van der Waals surface area contributed by atoms with Crippen molar-refractivity contribution in [1.29, 1.82) is 0 Å². The van der Waals surface area contributed by atoms with E-state index in [-0.39, 0.29) is 0 Å². The lowest BCUT2D eigenvalue weighted by Crippen LogP contribution is -2.08. The Morgan fingerprint density at radius 1 is 1.55 bits per heavy atom. The number of nitrogens with zero attached hydrogens (tertiary/aromatic N) is 1. The van der Waals surface area contributed by atoms with Gasteiger partial charge in [-0.1, -0.05) is 13.0 Å². The third kappa shape index (κ3) is 2.02. The van der Waals surface area contributed by atoms with Crippen LogP contribution in [0.2, 0.25) is 0 Å². The van der Waals surface area contributed by atoms with Gasteiger partial charge in [0.2, 0.25) is 0 Å². The molecule has 1 aromatic rings. The molecule has 2 heteroatoms. The van der Waals surface area contributed by atoms with Gasteiger partial charge in [0.1, 0.15) is 0 Å². The first-order valence-corrected chi connectivity index (χ1v) is 3.86. The first kappa shape index (κ1) is 8.21. The molecule has 60 valence electrons. The van der Waals surface area contributed by atoms with Crippen molar-refractivity contribution < 1.29 is 0 Å². The Morgan fingerprint density at radius 3 is 2.73 bits per heavy atom. The quantitative estimate of drug-likeness (QED) is 0.693. The molecule has 1 aromatic heterocycles. The van der Waals surface area contributed by atoms with Crippen molar-refractivity contribution in [2.45, 2.75) is 19.8 Å². The van der Waals surface area contributed by atoms with Crippen LogP contribution in [0.3, 0.4) is 0 Å². The minimum Gasteiger partial charge on any atom is -0.330 e. The van der Waals surface area contributed by atoms with E-state index in [0.29, 0.717) is 12.5 Å². The Hall–Kier alpha value is -0.890. The van der Waals surface area contributed by atoms with Crippen molar-refractivity contribution in [3.05, 3.63) is 29.6 Å². The zero-order valence-electron chi connectivity index (χ0n) is 7.04. The highest BCUT2D eigenvalue weighted by Crippen LogP contribution is 2.11. The Morgan fingerprint density at radius 2 is 2.27 bits per heavy atom. The maximum absolute atomic E-state index is 5.51. The minimum atomic E-state index is 0.420. The molecule has 0 radical (unpaired) electrons. The van der Waals surface area contributed by atoms with Crippen LogP contribution in [0.25, 0.3) is 0 Å². The summed E-state index contributed by atoms with van der Waals surface area (Å²) in [6.45, 7) is 4.77. The van der Waals surface area contributed by atoms with Crippen LogP contribution in [0.1, 0.15) is 24.1 Å². The van der Waals surface area contributed by atoms with Crippen LogP contribution in [0.5, 0.6) is 0 Å². The molecule has 0 aliphatic heterocycles. The van der Waals surface area contributed by atoms with Gasteiger partial charge in [0.25, 0.3) is 0 Å². The summed E-state index contributed by atoms with van der Waals surface area (Å²) in [7, 11) is 0. The predicted octanol–water partition coefficient (Wildman–Crippen LogP) is 1.45. The largest absolute Gasteiger partial charge is 0.330 e. The van der Waals surface area contributed by atoms with Crippen molar-refractivity contribution in [3.8, 4) is 0 Å². The second-order valence-corrected chi connectivity index (χ2v) is 2.87. The van der Waals surface area contributed by atoms with Gasteiger partial charge in [0.15, 0.2) is 0 Å². The normalized spacial score (nSPS) is 13.0. The van der Waals surface area contributed by atoms with E-state index in [2.05, 4.69) is 18.0 Å². The molecule has 0 aliphatic carbocycles. The summed E-state index contributed by atoms with van der Waals surface area (Å²) in [6.07, 6.45) is 1.90. The van der Waals surface area contributed by atoms with Crippen molar-refractivity contribution >= 4 is 0 Å². The number of hydrogen-bond acceptors (Lipinski definition) is 2. The zero-order chi connectivity index (χ0) is 8.27. The van der Waals surface area contributed by atoms with Gasteiger partial charge in [-0.25, -0.2) is 0 Å². The lowest BCUT2D eigenvalue weighted by atomic mass is 10.0. The molecule has 0 aromatic carbocycles. The fourth-order valence-corrected chi connectivity index (χ4v) is 0.907. The number of rotatable bonds is 2. The summed E-state index contributed by atoms with van der Waals surface area (Å²) in [5, 5.41) is 0. The van der Waals surface area contributed by atoms with Gasteiger partial charge >= 0.3 is 0 Å². The fourth-order valence-electron chi connectivity index (χ4n) is 0.907. The first-order chi connectivity index (χ1) is 5.24. The van der Waals surface area contributed by atoms with Crippen LogP contribution in [-0.2, 0) is 0 Å². The van der Waals surface area contributed by atoms with E-state index in [1.54, 1.807) is 0 Å². The fraction of sp³-hybridized carbons (Fsp3) is 0.444. The Bertz CT molecular complexity index is 216. The van der Waals surface area contributed by atoms with Gasteiger partial charge in [-0.3, -0.25) is 4.98 Å². The molecular weight excluding hydrogens is 136 g/mol. The average molecular weight is 150 g/mol. The van der Waals surface area contributed by atoms with E-state index in [0.717, 1.165) is 5.69 Å². The van der Waals surface area contributed by atoms with E-state index in [1.807, 2.05) is 19.2 Å². The standard InChI is InChI=1S/C9H14N2/c1-7(5-10)9-4-3-8(2)11-6-9/h3-4,6-7H,5,10H2,1-2H3/t7-/m1/s1. The summed E-state index contributed by atoms with van der Waals surface area (Å²) in [4.78, 5) is 4.19. The highest BCUT2D eigenvalue weighted by molar-refractivity contribution is 5.17. The van der Waals surface area contributed by atoms with Crippen LogP contribution in [0.15, 0.2) is 18.3 Å². The molecule has 1 heterocycles. The van der Waals surface area contributed by atoms with Crippen molar-refractivity contribution in [3.63, 3.8) is 0 Å². The number of pyridine rings is 1. The maximum atomic E-state index is 5.51. The summed E-state index contributed by atoms with van der Waals surface area (Å²) >= 11 is 0. The lowest BCUT2D eigenvalue weighted by molar-refractivity contribution is 0.768. The number of aryl methyl sites for hydroxylation is 1. The van der Waals surface area contributed by atoms with E-state index in [4.69, 9.17) is 5.73 Å². The van der Waals surface area contributed by atoms with Crippen molar-refractivity contribution in [1.82, 2.24) is 4.98 Å². The summed E-state index contributed by atoms with van der Waals surface area (Å²) in [5.41, 5.74) is 7.79. The molecule has 2 nitrogen and oxygen atoms in total. The first-order valence-electron chi connectivity index (χ1n) is 3.86. The molecule has 11 heavy (non-hydrogen) atoms. The highest BCUT2D eigenvalue weighted by atomic mass is 14.7. The van der Waals surface area contributed by atoms with Gasteiger partial charge in [0, 0.05) is 11.9 Å². The Labute approximate surface area is 67.5 Å². The molecule has 0 saturated carbocycles. The van der Waals surface area contributed by atoms with Gasteiger partial charge in [-0.05, 0) is 31.0 Å². The van der Waals surface area contributed by atoms with Crippen molar-refractivity contribution in [2.75, 3.05) is 6.54 Å². The molecule has 0 saturated heterocycles. The molecule has 1 rings (SSSR count). The van der Waals surface area contributed by atoms with Crippen LogP contribution in [0.4, 0.5) is 0 Å². The van der Waals surface area contributed by atoms with Gasteiger partial charge in [-0.15, -0.1) is 0 Å². The Kier molecular flexibility index (Phi) is 2.60. The highest BCUT2D eigenvalue weighted by Gasteiger charge is 2.01. The average Bonchev–Trinajstić information content (AvgIpc) is 2.05. The third-order valence-corrected chi connectivity index (χ3v) is 1.86. The van der Waals surface area contributed by atoms with Gasteiger partial charge < -0.3 is 5.73 Å². The topological polar surface area (TPSA) is 38.9 Å². The summed E-state index contributed by atoms with van der Waals surface area (Å²) in [6, 6.07) is 4.10. The number of nitrogens with two attached hydrogens (primary N) is 1. The van der Waals surface area contributed by atoms with E-state index < -0.39 is 0 Å². The molecule has 2 N–H and O–H groups in total. The molecular formula is C9H14N2. The van der Waals surface area contributed by atoms with E-state index >= 15 is 0 Å². The number of hydrogen-bond donors (Lipinski definition) is 1. The SMILES string of the molecule is Cc1ccc([C@H](C)CN)cn1. The monoisotopic (exact) mass is 150 g/mol. The van der Waals surface area contributed by atoms with Crippen molar-refractivity contribution in [2.24, 2.45) is 5.73 Å². The minimum absolute atomic E-state index is 0.420. The lowest BCUT2D eigenvalue weighted by Gasteiger charge is -2.07. The van der Waals surface area contributed by atoms with Gasteiger partial charge in [0.05, 0.1) is 0 Å². The molecule has 0 amide bonds. The van der Waals surface area contributed by atoms with Gasteiger partial charge in [-0.2, -0.15) is 0 Å². The molecule has 1 atom stereocenters. The maximum Gasteiger partial charge on any atom is 0.0372 e. The second kappa shape index (κ2) is 3.49. The van der Waals surface area contributed by atoms with Crippen LogP contribution < -0.4 is 5.73 Å². The smallest absolute Gasteiger partial charge is 0.0372 e. The van der Waals surface area contributed by atoms with Crippen LogP contribution >= 0.6 is 0 Å². The summed E-state index contributed by atoms with van der Waals surface area (Å²) in [5.74, 6) is 0.420. The second-order valence-electron chi connectivity index (χ2n) is 2.87.